The van der Waals surface area contributed by atoms with E-state index in [1.807, 2.05) is 14.0 Å². The Hall–Kier alpha value is -1.52. The third kappa shape index (κ3) is 6.96. The molecular weight excluding hydrogens is 274 g/mol. The Kier molecular flexibility index (Phi) is 7.99. The zero-order valence-corrected chi connectivity index (χ0v) is 15.1. The standard InChI is InChI=1S/C17H33N5/c1-13(2)8-9-14(3)20-17(18-6)19-10-7-11-22-16(5)12-15(4)21-22/h12-14H,7-11H2,1-6H3,(H2,18,19,20). The van der Waals surface area contributed by atoms with Crippen LogP contribution in [0.4, 0.5) is 0 Å². The first-order valence-electron chi connectivity index (χ1n) is 8.40. The molecule has 0 spiro atoms. The number of nitrogens with zero attached hydrogens (tertiary/aromatic N) is 3. The second kappa shape index (κ2) is 9.49. The van der Waals surface area contributed by atoms with Gasteiger partial charge in [-0.2, -0.15) is 5.10 Å². The van der Waals surface area contributed by atoms with Gasteiger partial charge in [0.25, 0.3) is 0 Å². The number of aromatic nitrogens is 2. The summed E-state index contributed by atoms with van der Waals surface area (Å²) in [5.74, 6) is 1.64. The van der Waals surface area contributed by atoms with Crippen molar-refractivity contribution in [2.24, 2.45) is 10.9 Å². The van der Waals surface area contributed by atoms with Gasteiger partial charge in [-0.3, -0.25) is 9.67 Å². The molecule has 2 N–H and O–H groups in total. The van der Waals surface area contributed by atoms with Gasteiger partial charge in [0.1, 0.15) is 0 Å². The molecule has 0 amide bonds. The molecule has 126 valence electrons. The van der Waals surface area contributed by atoms with Crippen molar-refractivity contribution in [1.29, 1.82) is 0 Å². The zero-order chi connectivity index (χ0) is 16.5. The monoisotopic (exact) mass is 307 g/mol. The number of nitrogens with one attached hydrogen (secondary N) is 2. The van der Waals surface area contributed by atoms with Crippen LogP contribution in [0.3, 0.4) is 0 Å². The summed E-state index contributed by atoms with van der Waals surface area (Å²) in [6.07, 6.45) is 3.44. The van der Waals surface area contributed by atoms with Gasteiger partial charge in [-0.05, 0) is 52.0 Å². The number of hydrogen-bond acceptors (Lipinski definition) is 2. The van der Waals surface area contributed by atoms with Crippen molar-refractivity contribution < 1.29 is 0 Å². The summed E-state index contributed by atoms with van der Waals surface area (Å²) in [6, 6.07) is 2.56. The second-order valence-electron chi connectivity index (χ2n) is 6.52. The highest BCUT2D eigenvalue weighted by Gasteiger charge is 2.06. The molecule has 1 aromatic rings. The van der Waals surface area contributed by atoms with Crippen LogP contribution in [-0.2, 0) is 6.54 Å². The summed E-state index contributed by atoms with van der Waals surface area (Å²) >= 11 is 0. The van der Waals surface area contributed by atoms with Gasteiger partial charge >= 0.3 is 0 Å². The molecule has 0 aliphatic rings. The van der Waals surface area contributed by atoms with E-state index in [9.17, 15) is 0 Å². The van der Waals surface area contributed by atoms with Crippen molar-refractivity contribution in [2.75, 3.05) is 13.6 Å². The van der Waals surface area contributed by atoms with E-state index in [4.69, 9.17) is 0 Å². The first-order chi connectivity index (χ1) is 10.4. The van der Waals surface area contributed by atoms with Crippen LogP contribution in [0, 0.1) is 19.8 Å². The minimum absolute atomic E-state index is 0.449. The summed E-state index contributed by atoms with van der Waals surface area (Å²) in [7, 11) is 1.82. The highest BCUT2D eigenvalue weighted by molar-refractivity contribution is 5.79. The summed E-state index contributed by atoms with van der Waals surface area (Å²) < 4.78 is 2.07. The minimum Gasteiger partial charge on any atom is -0.356 e. The van der Waals surface area contributed by atoms with Gasteiger partial charge < -0.3 is 10.6 Å². The molecule has 0 fully saturated rings. The lowest BCUT2D eigenvalue weighted by atomic mass is 10.0. The van der Waals surface area contributed by atoms with Crippen molar-refractivity contribution >= 4 is 5.96 Å². The van der Waals surface area contributed by atoms with Gasteiger partial charge in [0, 0.05) is 31.9 Å². The molecule has 0 saturated carbocycles. The molecule has 5 heteroatoms. The van der Waals surface area contributed by atoms with Crippen molar-refractivity contribution in [3.05, 3.63) is 17.5 Å². The van der Waals surface area contributed by atoms with E-state index < -0.39 is 0 Å². The molecule has 1 atom stereocenters. The lowest BCUT2D eigenvalue weighted by molar-refractivity contribution is 0.487. The van der Waals surface area contributed by atoms with Gasteiger partial charge in [-0.25, -0.2) is 0 Å². The Balaban J connectivity index is 2.25. The van der Waals surface area contributed by atoms with Gasteiger partial charge in [0.05, 0.1) is 5.69 Å². The maximum absolute atomic E-state index is 4.48. The molecule has 1 aromatic heterocycles. The number of hydrogen-bond donors (Lipinski definition) is 2. The Morgan fingerprint density at radius 3 is 2.55 bits per heavy atom. The van der Waals surface area contributed by atoms with Crippen LogP contribution in [-0.4, -0.2) is 35.4 Å². The van der Waals surface area contributed by atoms with Gasteiger partial charge in [0.2, 0.25) is 0 Å². The summed E-state index contributed by atoms with van der Waals surface area (Å²) in [4.78, 5) is 4.29. The van der Waals surface area contributed by atoms with E-state index in [-0.39, 0.29) is 0 Å². The minimum atomic E-state index is 0.449. The fraction of sp³-hybridized carbons (Fsp3) is 0.765. The van der Waals surface area contributed by atoms with E-state index in [0.717, 1.165) is 37.1 Å². The Morgan fingerprint density at radius 2 is 2.00 bits per heavy atom. The van der Waals surface area contributed by atoms with Crippen molar-refractivity contribution in [2.45, 2.75) is 66.5 Å². The van der Waals surface area contributed by atoms with Gasteiger partial charge in [-0.1, -0.05) is 13.8 Å². The van der Waals surface area contributed by atoms with E-state index in [1.54, 1.807) is 0 Å². The molecule has 0 aliphatic heterocycles. The molecule has 0 saturated heterocycles. The maximum Gasteiger partial charge on any atom is 0.191 e. The van der Waals surface area contributed by atoms with Crippen LogP contribution in [0.15, 0.2) is 11.1 Å². The third-order valence-electron chi connectivity index (χ3n) is 3.73. The van der Waals surface area contributed by atoms with E-state index in [2.05, 4.69) is 59.2 Å². The highest BCUT2D eigenvalue weighted by Crippen LogP contribution is 2.06. The molecule has 0 radical (unpaired) electrons. The third-order valence-corrected chi connectivity index (χ3v) is 3.73. The van der Waals surface area contributed by atoms with Crippen molar-refractivity contribution in [3.8, 4) is 0 Å². The summed E-state index contributed by atoms with van der Waals surface area (Å²) in [5, 5.41) is 11.3. The second-order valence-corrected chi connectivity index (χ2v) is 6.52. The van der Waals surface area contributed by atoms with Gasteiger partial charge in [0.15, 0.2) is 5.96 Å². The summed E-state index contributed by atoms with van der Waals surface area (Å²) in [6.45, 7) is 12.7. The normalized spacial score (nSPS) is 13.5. The van der Waals surface area contributed by atoms with Crippen molar-refractivity contribution in [1.82, 2.24) is 20.4 Å². The highest BCUT2D eigenvalue weighted by atomic mass is 15.3. The van der Waals surface area contributed by atoms with E-state index in [0.29, 0.717) is 6.04 Å². The molecule has 22 heavy (non-hydrogen) atoms. The first-order valence-corrected chi connectivity index (χ1v) is 8.40. The predicted octanol–water partition coefficient (Wildman–Crippen LogP) is 2.88. The molecule has 1 unspecified atom stereocenters. The number of aryl methyl sites for hydroxylation is 3. The average molecular weight is 307 g/mol. The van der Waals surface area contributed by atoms with Crippen LogP contribution in [0.2, 0.25) is 0 Å². The molecule has 0 bridgehead atoms. The lowest BCUT2D eigenvalue weighted by Gasteiger charge is -2.18. The number of aliphatic imine (C=N–C) groups is 1. The molecule has 0 aromatic carbocycles. The fourth-order valence-electron chi connectivity index (χ4n) is 2.42. The quantitative estimate of drug-likeness (QED) is 0.441. The topological polar surface area (TPSA) is 54.2 Å². The van der Waals surface area contributed by atoms with Crippen LogP contribution < -0.4 is 10.6 Å². The first kappa shape index (κ1) is 18.5. The largest absolute Gasteiger partial charge is 0.356 e. The molecule has 1 heterocycles. The maximum atomic E-state index is 4.48. The molecule has 5 nitrogen and oxygen atoms in total. The molecule has 0 aliphatic carbocycles. The van der Waals surface area contributed by atoms with Crippen LogP contribution in [0.5, 0.6) is 0 Å². The van der Waals surface area contributed by atoms with E-state index in [1.165, 1.54) is 18.5 Å². The molecular formula is C17H33N5. The van der Waals surface area contributed by atoms with Crippen molar-refractivity contribution in [3.63, 3.8) is 0 Å². The number of guanidine groups is 1. The van der Waals surface area contributed by atoms with Crippen LogP contribution in [0.1, 0.15) is 51.4 Å². The zero-order valence-electron chi connectivity index (χ0n) is 15.1. The van der Waals surface area contributed by atoms with E-state index >= 15 is 0 Å². The average Bonchev–Trinajstić information content (AvgIpc) is 2.78. The number of rotatable bonds is 8. The Bertz CT molecular complexity index is 462. The SMILES string of the molecule is CN=C(NCCCn1nc(C)cc1C)NC(C)CCC(C)C. The molecule has 1 rings (SSSR count). The Morgan fingerprint density at radius 1 is 1.27 bits per heavy atom. The van der Waals surface area contributed by atoms with Crippen LogP contribution in [0.25, 0.3) is 0 Å². The Labute approximate surface area is 135 Å². The lowest BCUT2D eigenvalue weighted by Crippen LogP contribution is -2.42. The fourth-order valence-corrected chi connectivity index (χ4v) is 2.42. The summed E-state index contributed by atoms with van der Waals surface area (Å²) in [5.41, 5.74) is 2.31. The predicted molar refractivity (Wildman–Crippen MR) is 94.3 cm³/mol. The van der Waals surface area contributed by atoms with Crippen LogP contribution >= 0.6 is 0 Å². The smallest absolute Gasteiger partial charge is 0.191 e. The van der Waals surface area contributed by atoms with Gasteiger partial charge in [-0.15, -0.1) is 0 Å².